The van der Waals surface area contributed by atoms with Crippen LogP contribution in [-0.4, -0.2) is 19.3 Å². The Labute approximate surface area is 111 Å². The molecule has 0 saturated heterocycles. The number of nitrogen functional groups attached to an aromatic ring is 1. The number of nitrogens with one attached hydrogen (secondary N) is 1. The Morgan fingerprint density at radius 3 is 2.94 bits per heavy atom. The van der Waals surface area contributed by atoms with Gasteiger partial charge in [-0.1, -0.05) is 15.9 Å². The second kappa shape index (κ2) is 5.85. The number of anilines is 1. The van der Waals surface area contributed by atoms with Crippen molar-refractivity contribution in [2.24, 2.45) is 0 Å². The molecule has 2 rings (SSSR count). The van der Waals surface area contributed by atoms with Crippen LogP contribution in [0.15, 0.2) is 22.7 Å². The topological polar surface area (TPSA) is 47.3 Å². The van der Waals surface area contributed by atoms with Gasteiger partial charge >= 0.3 is 0 Å². The van der Waals surface area contributed by atoms with Gasteiger partial charge in [-0.25, -0.2) is 0 Å². The maximum atomic E-state index is 5.81. The van der Waals surface area contributed by atoms with Gasteiger partial charge in [-0.3, -0.25) is 0 Å². The van der Waals surface area contributed by atoms with Gasteiger partial charge in [0, 0.05) is 29.9 Å². The van der Waals surface area contributed by atoms with E-state index < -0.39 is 0 Å². The van der Waals surface area contributed by atoms with Crippen LogP contribution in [0.1, 0.15) is 24.8 Å². The zero-order valence-electron chi connectivity index (χ0n) is 10.1. The van der Waals surface area contributed by atoms with Crippen molar-refractivity contribution in [1.29, 1.82) is 0 Å². The van der Waals surface area contributed by atoms with E-state index in [4.69, 9.17) is 10.5 Å². The third-order valence-electron chi connectivity index (χ3n) is 3.30. The number of nitrogens with two attached hydrogens (primary N) is 1. The van der Waals surface area contributed by atoms with E-state index in [1.54, 1.807) is 7.11 Å². The summed E-state index contributed by atoms with van der Waals surface area (Å²) >= 11 is 3.46. The molecular formula is C13H19BrN2O. The molecular weight excluding hydrogens is 280 g/mol. The smallest absolute Gasteiger partial charge is 0.0724 e. The van der Waals surface area contributed by atoms with Crippen molar-refractivity contribution in [2.45, 2.75) is 38.0 Å². The van der Waals surface area contributed by atoms with E-state index in [1.165, 1.54) is 18.4 Å². The Bertz CT molecular complexity index is 363. The molecule has 0 aromatic heterocycles. The summed E-state index contributed by atoms with van der Waals surface area (Å²) in [7, 11) is 1.79. The van der Waals surface area contributed by atoms with Crippen LogP contribution in [0.5, 0.6) is 0 Å². The summed E-state index contributed by atoms with van der Waals surface area (Å²) in [6.07, 6.45) is 3.97. The summed E-state index contributed by atoms with van der Waals surface area (Å²) in [6.45, 7) is 0.841. The molecule has 0 bridgehead atoms. The lowest BCUT2D eigenvalue weighted by Gasteiger charge is -2.19. The molecule has 4 heteroatoms. The van der Waals surface area contributed by atoms with E-state index in [0.717, 1.165) is 23.1 Å². The highest BCUT2D eigenvalue weighted by Gasteiger charge is 2.26. The second-order valence-corrected chi connectivity index (χ2v) is 5.50. The van der Waals surface area contributed by atoms with Crippen LogP contribution in [0, 0.1) is 0 Å². The van der Waals surface area contributed by atoms with Crippen LogP contribution in [0.4, 0.5) is 5.69 Å². The van der Waals surface area contributed by atoms with Crippen molar-refractivity contribution in [2.75, 3.05) is 12.8 Å². The molecule has 0 spiro atoms. The quantitative estimate of drug-likeness (QED) is 0.840. The van der Waals surface area contributed by atoms with E-state index in [-0.39, 0.29) is 0 Å². The number of rotatable bonds is 4. The number of methoxy groups -OCH3 is 1. The second-order valence-electron chi connectivity index (χ2n) is 4.59. The zero-order valence-corrected chi connectivity index (χ0v) is 11.7. The molecule has 1 aliphatic rings. The van der Waals surface area contributed by atoms with Gasteiger partial charge in [0.05, 0.1) is 6.10 Å². The lowest BCUT2D eigenvalue weighted by molar-refractivity contribution is 0.0847. The fourth-order valence-electron chi connectivity index (χ4n) is 2.47. The first-order valence-electron chi connectivity index (χ1n) is 6.00. The van der Waals surface area contributed by atoms with Crippen LogP contribution in [0.3, 0.4) is 0 Å². The summed E-state index contributed by atoms with van der Waals surface area (Å²) in [4.78, 5) is 0. The molecule has 1 aromatic carbocycles. The van der Waals surface area contributed by atoms with Gasteiger partial charge in [-0.05, 0) is 43.0 Å². The standard InChI is InChI=1S/C13H19BrN2O/c1-17-13-4-2-3-12(13)16-8-9-5-10(14)7-11(15)6-9/h5-7,12-13,16H,2-4,8,15H2,1H3. The Morgan fingerprint density at radius 1 is 1.41 bits per heavy atom. The maximum absolute atomic E-state index is 5.81. The highest BCUT2D eigenvalue weighted by molar-refractivity contribution is 9.10. The van der Waals surface area contributed by atoms with Crippen LogP contribution in [0.2, 0.25) is 0 Å². The summed E-state index contributed by atoms with van der Waals surface area (Å²) in [5, 5.41) is 3.55. The first-order chi connectivity index (χ1) is 8.19. The number of hydrogen-bond donors (Lipinski definition) is 2. The molecule has 0 heterocycles. The third-order valence-corrected chi connectivity index (χ3v) is 3.76. The summed E-state index contributed by atoms with van der Waals surface area (Å²) < 4.78 is 6.49. The monoisotopic (exact) mass is 298 g/mol. The summed E-state index contributed by atoms with van der Waals surface area (Å²) in [6, 6.07) is 6.49. The number of benzene rings is 1. The molecule has 1 aliphatic carbocycles. The first kappa shape index (κ1) is 12.9. The van der Waals surface area contributed by atoms with E-state index in [0.29, 0.717) is 12.1 Å². The van der Waals surface area contributed by atoms with Crippen molar-refractivity contribution < 1.29 is 4.74 Å². The van der Waals surface area contributed by atoms with Crippen LogP contribution in [-0.2, 0) is 11.3 Å². The van der Waals surface area contributed by atoms with Crippen LogP contribution >= 0.6 is 15.9 Å². The van der Waals surface area contributed by atoms with Crippen molar-refractivity contribution in [1.82, 2.24) is 5.32 Å². The lowest BCUT2D eigenvalue weighted by Crippen LogP contribution is -2.36. The fourth-order valence-corrected chi connectivity index (χ4v) is 3.03. The molecule has 0 radical (unpaired) electrons. The van der Waals surface area contributed by atoms with Crippen molar-refractivity contribution in [3.63, 3.8) is 0 Å². The SMILES string of the molecule is COC1CCCC1NCc1cc(N)cc(Br)c1. The molecule has 2 unspecified atom stereocenters. The van der Waals surface area contributed by atoms with Crippen LogP contribution in [0.25, 0.3) is 0 Å². The maximum Gasteiger partial charge on any atom is 0.0724 e. The minimum Gasteiger partial charge on any atom is -0.399 e. The molecule has 3 N–H and O–H groups in total. The molecule has 1 aromatic rings. The molecule has 1 saturated carbocycles. The molecule has 1 fully saturated rings. The van der Waals surface area contributed by atoms with Gasteiger partial charge < -0.3 is 15.8 Å². The Morgan fingerprint density at radius 2 is 2.24 bits per heavy atom. The van der Waals surface area contributed by atoms with Gasteiger partial charge in [0.1, 0.15) is 0 Å². The van der Waals surface area contributed by atoms with E-state index in [1.807, 2.05) is 12.1 Å². The fraction of sp³-hybridized carbons (Fsp3) is 0.538. The number of hydrogen-bond acceptors (Lipinski definition) is 3. The molecule has 0 aliphatic heterocycles. The Balaban J connectivity index is 1.93. The minimum atomic E-state index is 0.361. The Hall–Kier alpha value is -0.580. The highest BCUT2D eigenvalue weighted by atomic mass is 79.9. The predicted molar refractivity (Wildman–Crippen MR) is 73.8 cm³/mol. The molecule has 3 nitrogen and oxygen atoms in total. The van der Waals surface area contributed by atoms with Gasteiger partial charge in [0.2, 0.25) is 0 Å². The predicted octanol–water partition coefficient (Wildman–Crippen LogP) is 2.69. The first-order valence-corrected chi connectivity index (χ1v) is 6.79. The summed E-state index contributed by atoms with van der Waals surface area (Å²) in [5.74, 6) is 0. The van der Waals surface area contributed by atoms with Crippen molar-refractivity contribution in [3.05, 3.63) is 28.2 Å². The zero-order chi connectivity index (χ0) is 12.3. The number of ether oxygens (including phenoxy) is 1. The third kappa shape index (κ3) is 3.44. The molecule has 94 valence electrons. The lowest BCUT2D eigenvalue weighted by atomic mass is 10.1. The largest absolute Gasteiger partial charge is 0.399 e. The van der Waals surface area contributed by atoms with E-state index in [9.17, 15) is 0 Å². The number of halogens is 1. The average Bonchev–Trinajstić information content (AvgIpc) is 2.72. The average molecular weight is 299 g/mol. The van der Waals surface area contributed by atoms with Gasteiger partial charge in [-0.15, -0.1) is 0 Å². The summed E-state index contributed by atoms with van der Waals surface area (Å²) in [5.41, 5.74) is 7.82. The normalized spacial score (nSPS) is 24.1. The van der Waals surface area contributed by atoms with Crippen LogP contribution < -0.4 is 11.1 Å². The van der Waals surface area contributed by atoms with Gasteiger partial charge in [0.15, 0.2) is 0 Å². The highest BCUT2D eigenvalue weighted by Crippen LogP contribution is 2.22. The molecule has 2 atom stereocenters. The Kier molecular flexibility index (Phi) is 4.42. The molecule has 17 heavy (non-hydrogen) atoms. The van der Waals surface area contributed by atoms with E-state index in [2.05, 4.69) is 27.3 Å². The minimum absolute atomic E-state index is 0.361. The van der Waals surface area contributed by atoms with Gasteiger partial charge in [-0.2, -0.15) is 0 Å². The van der Waals surface area contributed by atoms with Gasteiger partial charge in [0.25, 0.3) is 0 Å². The van der Waals surface area contributed by atoms with E-state index >= 15 is 0 Å². The molecule has 0 amide bonds. The van der Waals surface area contributed by atoms with Crippen molar-refractivity contribution in [3.8, 4) is 0 Å². The van der Waals surface area contributed by atoms with Crippen molar-refractivity contribution >= 4 is 21.6 Å².